The van der Waals surface area contributed by atoms with E-state index in [1.54, 1.807) is 0 Å². The number of benzene rings is 1. The van der Waals surface area contributed by atoms with Gasteiger partial charge in [-0.2, -0.15) is 0 Å². The summed E-state index contributed by atoms with van der Waals surface area (Å²) in [4.78, 5) is 12.4. The molecule has 0 radical (unpaired) electrons. The molecule has 2 atom stereocenters. The summed E-state index contributed by atoms with van der Waals surface area (Å²) in [6, 6.07) is 8.51. The van der Waals surface area contributed by atoms with Gasteiger partial charge in [0.1, 0.15) is 5.25 Å². The maximum Gasteiger partial charge on any atom is 0.318 e. The van der Waals surface area contributed by atoms with Gasteiger partial charge in [0, 0.05) is 10.9 Å². The van der Waals surface area contributed by atoms with Crippen molar-refractivity contribution < 1.29 is 9.53 Å². The number of ether oxygens (including phenoxy) is 1. The summed E-state index contributed by atoms with van der Waals surface area (Å²) in [6.07, 6.45) is 0. The highest BCUT2D eigenvalue weighted by Crippen LogP contribution is 2.26. The second-order valence-corrected chi connectivity index (χ2v) is 5.28. The van der Waals surface area contributed by atoms with Gasteiger partial charge in [-0.15, -0.1) is 11.8 Å². The summed E-state index contributed by atoms with van der Waals surface area (Å²) in [5, 5.41) is 3.01. The fourth-order valence-corrected chi connectivity index (χ4v) is 2.40. The molecule has 0 bridgehead atoms. The Kier molecular flexibility index (Phi) is 5.51. The normalized spacial score (nSPS) is 14.1. The molecule has 3 nitrogen and oxygen atoms in total. The Morgan fingerprint density at radius 3 is 2.71 bits per heavy atom. The molecule has 2 unspecified atom stereocenters. The van der Waals surface area contributed by atoms with Crippen LogP contribution in [0.2, 0.25) is 0 Å². The lowest BCUT2D eigenvalue weighted by Gasteiger charge is -2.13. The Balaban J connectivity index is 2.75. The summed E-state index contributed by atoms with van der Waals surface area (Å²) in [5.41, 5.74) is 1.22. The highest BCUT2D eigenvalue weighted by atomic mass is 32.2. The largest absolute Gasteiger partial charge is 0.468 e. The maximum absolute atomic E-state index is 11.3. The predicted octanol–water partition coefficient (Wildman–Crippen LogP) is 2.62. The van der Waals surface area contributed by atoms with Crippen LogP contribution in [0.15, 0.2) is 29.2 Å². The fraction of sp³-hybridized carbons (Fsp3) is 0.462. The number of hydrogen-bond acceptors (Lipinski definition) is 4. The number of hydrogen-bond donors (Lipinski definition) is 1. The van der Waals surface area contributed by atoms with Crippen molar-refractivity contribution in [1.82, 2.24) is 5.32 Å². The van der Waals surface area contributed by atoms with Crippen LogP contribution in [-0.4, -0.2) is 25.4 Å². The number of thioether (sulfide) groups is 1. The average Bonchev–Trinajstić information content (AvgIpc) is 2.37. The molecule has 1 rings (SSSR count). The van der Waals surface area contributed by atoms with Gasteiger partial charge >= 0.3 is 5.97 Å². The first-order valence-electron chi connectivity index (χ1n) is 5.60. The van der Waals surface area contributed by atoms with E-state index < -0.39 is 0 Å². The lowest BCUT2D eigenvalue weighted by molar-refractivity contribution is -0.139. The first kappa shape index (κ1) is 14.1. The molecule has 0 aliphatic heterocycles. The highest BCUT2D eigenvalue weighted by Gasteiger charge is 2.14. The minimum absolute atomic E-state index is 0.180. The van der Waals surface area contributed by atoms with Crippen LogP contribution in [-0.2, 0) is 9.53 Å². The van der Waals surface area contributed by atoms with Gasteiger partial charge in [0.25, 0.3) is 0 Å². The van der Waals surface area contributed by atoms with Crippen LogP contribution in [0.25, 0.3) is 0 Å². The van der Waals surface area contributed by atoms with E-state index in [9.17, 15) is 4.79 Å². The van der Waals surface area contributed by atoms with Gasteiger partial charge in [-0.25, -0.2) is 0 Å². The molecule has 0 aromatic heterocycles. The smallest absolute Gasteiger partial charge is 0.318 e. The number of carbonyl (C=O) groups excluding carboxylic acids is 1. The molecule has 0 saturated carbocycles. The van der Waals surface area contributed by atoms with Gasteiger partial charge in [0.05, 0.1) is 7.11 Å². The van der Waals surface area contributed by atoms with E-state index in [1.807, 2.05) is 26.1 Å². The first-order chi connectivity index (χ1) is 8.08. The molecule has 0 saturated heterocycles. The summed E-state index contributed by atoms with van der Waals surface area (Å²) in [6.45, 7) is 3.96. The Morgan fingerprint density at radius 1 is 1.41 bits per heavy atom. The molecule has 0 amide bonds. The zero-order chi connectivity index (χ0) is 12.8. The molecule has 0 spiro atoms. The average molecular weight is 253 g/mol. The summed E-state index contributed by atoms with van der Waals surface area (Å²) in [5.74, 6) is -0.193. The molecule has 0 aliphatic carbocycles. The van der Waals surface area contributed by atoms with Crippen molar-refractivity contribution in [2.75, 3.05) is 14.2 Å². The van der Waals surface area contributed by atoms with Crippen molar-refractivity contribution >= 4 is 17.7 Å². The third-order valence-electron chi connectivity index (χ3n) is 2.64. The van der Waals surface area contributed by atoms with Gasteiger partial charge in [0.15, 0.2) is 0 Å². The lowest BCUT2D eigenvalue weighted by atomic mass is 10.1. The van der Waals surface area contributed by atoms with Crippen molar-refractivity contribution in [1.29, 1.82) is 0 Å². The monoisotopic (exact) mass is 253 g/mol. The second-order valence-electron chi connectivity index (χ2n) is 3.87. The number of methoxy groups -OCH3 is 1. The van der Waals surface area contributed by atoms with E-state index in [0.717, 1.165) is 4.90 Å². The van der Waals surface area contributed by atoms with Gasteiger partial charge in [-0.3, -0.25) is 4.79 Å². The van der Waals surface area contributed by atoms with Crippen LogP contribution in [0.4, 0.5) is 0 Å². The van der Waals surface area contributed by atoms with Crippen LogP contribution in [0.3, 0.4) is 0 Å². The SMILES string of the molecule is CNC(C)c1cccc(SC(C)C(=O)OC)c1. The first-order valence-corrected chi connectivity index (χ1v) is 6.48. The highest BCUT2D eigenvalue weighted by molar-refractivity contribution is 8.00. The molecule has 4 heteroatoms. The maximum atomic E-state index is 11.3. The van der Waals surface area contributed by atoms with Crippen molar-refractivity contribution in [3.05, 3.63) is 29.8 Å². The number of carbonyl (C=O) groups is 1. The van der Waals surface area contributed by atoms with Crippen molar-refractivity contribution in [3.8, 4) is 0 Å². The Bertz CT molecular complexity index is 381. The molecule has 0 heterocycles. The predicted molar refractivity (Wildman–Crippen MR) is 71.3 cm³/mol. The molecule has 0 fully saturated rings. The van der Waals surface area contributed by atoms with Crippen molar-refractivity contribution in [2.45, 2.75) is 30.0 Å². The van der Waals surface area contributed by atoms with Crippen LogP contribution in [0, 0.1) is 0 Å². The van der Waals surface area contributed by atoms with Crippen LogP contribution in [0.5, 0.6) is 0 Å². The lowest BCUT2D eigenvalue weighted by Crippen LogP contribution is -2.15. The molecule has 1 N–H and O–H groups in total. The molecule has 0 aliphatic rings. The minimum Gasteiger partial charge on any atom is -0.468 e. The topological polar surface area (TPSA) is 38.3 Å². The van der Waals surface area contributed by atoms with E-state index >= 15 is 0 Å². The van der Waals surface area contributed by atoms with Gasteiger partial charge in [-0.1, -0.05) is 12.1 Å². The van der Waals surface area contributed by atoms with Crippen LogP contribution in [0.1, 0.15) is 25.5 Å². The summed E-state index contributed by atoms with van der Waals surface area (Å²) < 4.78 is 4.71. The molecular formula is C13H19NO2S. The standard InChI is InChI=1S/C13H19NO2S/c1-9(14-3)11-6-5-7-12(8-11)17-10(2)13(15)16-4/h5-10,14H,1-4H3. The number of rotatable bonds is 5. The van der Waals surface area contributed by atoms with Crippen molar-refractivity contribution in [2.24, 2.45) is 0 Å². The van der Waals surface area contributed by atoms with E-state index in [4.69, 9.17) is 4.74 Å². The molecule has 1 aromatic carbocycles. The Labute approximate surface area is 107 Å². The van der Waals surface area contributed by atoms with E-state index in [2.05, 4.69) is 24.4 Å². The van der Waals surface area contributed by atoms with Gasteiger partial charge < -0.3 is 10.1 Å². The van der Waals surface area contributed by atoms with Crippen molar-refractivity contribution in [3.63, 3.8) is 0 Å². The Morgan fingerprint density at radius 2 is 2.12 bits per heavy atom. The zero-order valence-electron chi connectivity index (χ0n) is 10.7. The van der Waals surface area contributed by atoms with E-state index in [0.29, 0.717) is 6.04 Å². The van der Waals surface area contributed by atoms with Crippen LogP contribution < -0.4 is 5.32 Å². The van der Waals surface area contributed by atoms with Gasteiger partial charge in [0.2, 0.25) is 0 Å². The van der Waals surface area contributed by atoms with Crippen LogP contribution >= 0.6 is 11.8 Å². The third-order valence-corrected chi connectivity index (χ3v) is 3.71. The van der Waals surface area contributed by atoms with Gasteiger partial charge in [-0.05, 0) is 38.6 Å². The second kappa shape index (κ2) is 6.67. The molecule has 17 heavy (non-hydrogen) atoms. The fourth-order valence-electron chi connectivity index (χ4n) is 1.44. The molecular weight excluding hydrogens is 234 g/mol. The summed E-state index contributed by atoms with van der Waals surface area (Å²) >= 11 is 1.52. The zero-order valence-corrected chi connectivity index (χ0v) is 11.5. The Hall–Kier alpha value is -1.00. The van der Waals surface area contributed by atoms with E-state index in [1.165, 1.54) is 24.4 Å². The number of esters is 1. The molecule has 1 aromatic rings. The summed E-state index contributed by atoms with van der Waals surface area (Å²) in [7, 11) is 3.35. The quantitative estimate of drug-likeness (QED) is 0.646. The molecule has 94 valence electrons. The number of nitrogens with one attached hydrogen (secondary N) is 1. The minimum atomic E-state index is -0.193. The van der Waals surface area contributed by atoms with E-state index in [-0.39, 0.29) is 11.2 Å². The third kappa shape index (κ3) is 4.06.